The number of thiocarbonyl (C=S) groups is 1. The molecule has 0 aromatic heterocycles. The summed E-state index contributed by atoms with van der Waals surface area (Å²) < 4.78 is 10.4. The molecule has 2 aromatic rings. The summed E-state index contributed by atoms with van der Waals surface area (Å²) in [4.78, 5) is 38.6. The maximum Gasteiger partial charge on any atom is 0.337 e. The van der Waals surface area contributed by atoms with Crippen molar-refractivity contribution in [2.45, 2.75) is 25.7 Å². The molecule has 0 bridgehead atoms. The van der Waals surface area contributed by atoms with Crippen LogP contribution in [0.15, 0.2) is 53.4 Å². The molecular formula is C25H26N2O5S2. The summed E-state index contributed by atoms with van der Waals surface area (Å²) in [7, 11) is 2.91. The van der Waals surface area contributed by atoms with Crippen LogP contribution in [-0.4, -0.2) is 47.8 Å². The summed E-state index contributed by atoms with van der Waals surface area (Å²) in [6.07, 6.45) is 4.43. The zero-order valence-corrected chi connectivity index (χ0v) is 20.7. The number of unbranched alkanes of at least 4 members (excludes halogenated alkanes) is 2. The Morgan fingerprint density at radius 1 is 1.09 bits per heavy atom. The number of nitrogens with one attached hydrogen (secondary N) is 1. The lowest BCUT2D eigenvalue weighted by molar-refractivity contribution is -0.122. The highest BCUT2D eigenvalue weighted by Gasteiger charge is 2.31. The molecule has 34 heavy (non-hydrogen) atoms. The number of hydrogen-bond donors (Lipinski definition) is 1. The van der Waals surface area contributed by atoms with Gasteiger partial charge in [-0.2, -0.15) is 0 Å². The summed E-state index contributed by atoms with van der Waals surface area (Å²) in [5, 5.41) is 2.86. The highest BCUT2D eigenvalue weighted by Crippen LogP contribution is 2.32. The average Bonchev–Trinajstić information content (AvgIpc) is 3.11. The Balaban J connectivity index is 1.43. The van der Waals surface area contributed by atoms with Crippen molar-refractivity contribution < 1.29 is 23.9 Å². The van der Waals surface area contributed by atoms with E-state index in [-0.39, 0.29) is 11.8 Å². The third kappa shape index (κ3) is 6.91. The van der Waals surface area contributed by atoms with Crippen LogP contribution >= 0.6 is 24.0 Å². The Hall–Kier alpha value is -3.17. The Morgan fingerprint density at radius 2 is 1.85 bits per heavy atom. The van der Waals surface area contributed by atoms with E-state index in [0.717, 1.165) is 18.4 Å². The second-order valence-corrected chi connectivity index (χ2v) is 9.21. The summed E-state index contributed by atoms with van der Waals surface area (Å²) in [5.41, 5.74) is 1.95. The highest BCUT2D eigenvalue weighted by molar-refractivity contribution is 8.26. The zero-order valence-electron chi connectivity index (χ0n) is 19.0. The van der Waals surface area contributed by atoms with E-state index in [9.17, 15) is 14.4 Å². The number of carbonyl (C=O) groups excluding carboxylic acids is 3. The molecule has 9 heteroatoms. The van der Waals surface area contributed by atoms with Gasteiger partial charge in [-0.15, -0.1) is 0 Å². The first kappa shape index (κ1) is 25.5. The van der Waals surface area contributed by atoms with E-state index >= 15 is 0 Å². The van der Waals surface area contributed by atoms with Crippen LogP contribution in [0.3, 0.4) is 0 Å². The van der Waals surface area contributed by atoms with Crippen LogP contribution in [0.5, 0.6) is 5.75 Å². The van der Waals surface area contributed by atoms with Gasteiger partial charge >= 0.3 is 5.97 Å². The number of ether oxygens (including phenoxy) is 2. The number of benzene rings is 2. The van der Waals surface area contributed by atoms with E-state index in [1.165, 1.54) is 18.9 Å². The Labute approximate surface area is 208 Å². The number of hydrogen-bond acceptors (Lipinski definition) is 7. The van der Waals surface area contributed by atoms with E-state index in [0.29, 0.717) is 45.6 Å². The maximum atomic E-state index is 12.8. The highest BCUT2D eigenvalue weighted by atomic mass is 32.2. The van der Waals surface area contributed by atoms with E-state index in [4.69, 9.17) is 21.7 Å². The predicted octanol–water partition coefficient (Wildman–Crippen LogP) is 4.88. The van der Waals surface area contributed by atoms with Gasteiger partial charge in [-0.25, -0.2) is 4.79 Å². The molecule has 0 spiro atoms. The Morgan fingerprint density at radius 3 is 2.56 bits per heavy atom. The summed E-state index contributed by atoms with van der Waals surface area (Å²) >= 11 is 6.65. The normalized spacial score (nSPS) is 14.4. The van der Waals surface area contributed by atoms with Gasteiger partial charge in [0.2, 0.25) is 5.91 Å². The van der Waals surface area contributed by atoms with Crippen molar-refractivity contribution in [3.63, 3.8) is 0 Å². The van der Waals surface area contributed by atoms with E-state index in [1.807, 2.05) is 18.2 Å². The maximum absolute atomic E-state index is 12.8. The number of methoxy groups -OCH3 is 2. The Kier molecular flexibility index (Phi) is 9.24. The third-order valence-electron chi connectivity index (χ3n) is 5.14. The van der Waals surface area contributed by atoms with Crippen LogP contribution in [0.4, 0.5) is 5.69 Å². The number of carbonyl (C=O) groups is 3. The van der Waals surface area contributed by atoms with E-state index < -0.39 is 5.97 Å². The minimum Gasteiger partial charge on any atom is -0.497 e. The number of anilines is 1. The van der Waals surface area contributed by atoms with Crippen molar-refractivity contribution in [3.8, 4) is 5.75 Å². The van der Waals surface area contributed by atoms with Gasteiger partial charge in [-0.3, -0.25) is 14.5 Å². The fraction of sp³-hybridized carbons (Fsp3) is 0.280. The third-order valence-corrected chi connectivity index (χ3v) is 6.52. The van der Waals surface area contributed by atoms with Gasteiger partial charge in [0, 0.05) is 24.7 Å². The zero-order chi connectivity index (χ0) is 24.5. The first-order valence-corrected chi connectivity index (χ1v) is 12.0. The lowest BCUT2D eigenvalue weighted by atomic mass is 10.1. The predicted molar refractivity (Wildman–Crippen MR) is 138 cm³/mol. The molecule has 178 valence electrons. The number of esters is 1. The summed E-state index contributed by atoms with van der Waals surface area (Å²) in [5.74, 6) is 0.104. The van der Waals surface area contributed by atoms with Gasteiger partial charge < -0.3 is 14.8 Å². The first-order chi connectivity index (χ1) is 16.4. The number of nitrogens with zero attached hydrogens (tertiary/aromatic N) is 1. The Bertz CT molecular complexity index is 1100. The van der Waals surface area contributed by atoms with Crippen LogP contribution in [0, 0.1) is 0 Å². The van der Waals surface area contributed by atoms with Crippen LogP contribution in [0.1, 0.15) is 41.6 Å². The molecular weight excluding hydrogens is 472 g/mol. The smallest absolute Gasteiger partial charge is 0.337 e. The van der Waals surface area contributed by atoms with Crippen molar-refractivity contribution in [1.29, 1.82) is 0 Å². The molecule has 0 atom stereocenters. The van der Waals surface area contributed by atoms with Gasteiger partial charge in [0.05, 0.1) is 24.7 Å². The lowest BCUT2D eigenvalue weighted by Gasteiger charge is -2.14. The fourth-order valence-corrected chi connectivity index (χ4v) is 4.64. The molecule has 2 aromatic carbocycles. The van der Waals surface area contributed by atoms with Crippen molar-refractivity contribution in [2.24, 2.45) is 0 Å². The topological polar surface area (TPSA) is 84.9 Å². The second kappa shape index (κ2) is 12.3. The monoisotopic (exact) mass is 498 g/mol. The molecule has 0 radical (unpaired) electrons. The van der Waals surface area contributed by atoms with Crippen molar-refractivity contribution >= 4 is 57.8 Å². The number of thioether (sulfide) groups is 1. The number of amides is 2. The van der Waals surface area contributed by atoms with Crippen molar-refractivity contribution in [2.75, 3.05) is 26.1 Å². The molecule has 1 aliphatic rings. The van der Waals surface area contributed by atoms with Gasteiger partial charge in [-0.05, 0) is 48.7 Å². The van der Waals surface area contributed by atoms with Crippen molar-refractivity contribution in [3.05, 3.63) is 64.6 Å². The first-order valence-electron chi connectivity index (χ1n) is 10.8. The SMILES string of the molecule is COC(=O)c1ccc(/C=C2\SC(=S)N(CCCCCC(=O)Nc3cccc(OC)c3)C2=O)cc1. The van der Waals surface area contributed by atoms with Gasteiger partial charge in [0.15, 0.2) is 0 Å². The average molecular weight is 499 g/mol. The van der Waals surface area contributed by atoms with Gasteiger partial charge in [0.25, 0.3) is 5.91 Å². The molecule has 0 unspecified atom stereocenters. The van der Waals surface area contributed by atoms with Crippen LogP contribution < -0.4 is 10.1 Å². The molecule has 1 aliphatic heterocycles. The molecule has 1 saturated heterocycles. The largest absolute Gasteiger partial charge is 0.497 e. The number of rotatable bonds is 10. The molecule has 1 N–H and O–H groups in total. The second-order valence-electron chi connectivity index (χ2n) is 7.54. The standard InChI is InChI=1S/C25H26N2O5S2/c1-31-20-8-6-7-19(16-20)26-22(28)9-4-3-5-14-27-23(29)21(34-25(27)33)15-17-10-12-18(13-11-17)24(30)32-2/h6-8,10-13,15-16H,3-5,9,14H2,1-2H3,(H,26,28)/b21-15-. The molecule has 0 aliphatic carbocycles. The summed E-state index contributed by atoms with van der Waals surface area (Å²) in [6, 6.07) is 14.1. The molecule has 7 nitrogen and oxygen atoms in total. The quantitative estimate of drug-likeness (QED) is 0.216. The summed E-state index contributed by atoms with van der Waals surface area (Å²) in [6.45, 7) is 0.515. The van der Waals surface area contributed by atoms with Crippen LogP contribution in [0.2, 0.25) is 0 Å². The lowest BCUT2D eigenvalue weighted by Crippen LogP contribution is -2.29. The van der Waals surface area contributed by atoms with Crippen LogP contribution in [0.25, 0.3) is 6.08 Å². The van der Waals surface area contributed by atoms with Gasteiger partial charge in [-0.1, -0.05) is 48.6 Å². The van der Waals surface area contributed by atoms with Gasteiger partial charge in [0.1, 0.15) is 10.1 Å². The minimum atomic E-state index is -0.407. The van der Waals surface area contributed by atoms with Crippen LogP contribution in [-0.2, 0) is 14.3 Å². The molecule has 0 saturated carbocycles. The van der Waals surface area contributed by atoms with E-state index in [1.54, 1.807) is 48.4 Å². The minimum absolute atomic E-state index is 0.0555. The molecule has 1 heterocycles. The molecule has 2 amide bonds. The molecule has 1 fully saturated rings. The van der Waals surface area contributed by atoms with E-state index in [2.05, 4.69) is 5.32 Å². The fourth-order valence-electron chi connectivity index (χ4n) is 3.33. The van der Waals surface area contributed by atoms with Crippen molar-refractivity contribution in [1.82, 2.24) is 4.90 Å². The molecule has 3 rings (SSSR count).